The number of thioether (sulfide) groups is 1. The van der Waals surface area contributed by atoms with Crippen molar-refractivity contribution in [3.8, 4) is 17.2 Å². The molecule has 6 nitrogen and oxygen atoms in total. The van der Waals surface area contributed by atoms with Crippen LogP contribution in [0.5, 0.6) is 17.2 Å². The third-order valence-corrected chi connectivity index (χ3v) is 7.66. The van der Waals surface area contributed by atoms with Crippen LogP contribution < -0.4 is 14.2 Å². The first-order valence-corrected chi connectivity index (χ1v) is 12.6. The highest BCUT2D eigenvalue weighted by Gasteiger charge is 2.39. The summed E-state index contributed by atoms with van der Waals surface area (Å²) in [6.07, 6.45) is 13.6. The molecule has 2 aliphatic carbocycles. The van der Waals surface area contributed by atoms with Crippen molar-refractivity contribution in [2.45, 2.75) is 76.3 Å². The lowest BCUT2D eigenvalue weighted by molar-refractivity contribution is -0.124. The summed E-state index contributed by atoms with van der Waals surface area (Å²) in [7, 11) is 4.83. The van der Waals surface area contributed by atoms with E-state index in [4.69, 9.17) is 19.2 Å². The molecule has 0 N–H and O–H groups in total. The maximum absolute atomic E-state index is 13.6. The first-order chi connectivity index (χ1) is 15.6. The number of rotatable bonds is 6. The largest absolute Gasteiger partial charge is 0.496 e. The van der Waals surface area contributed by atoms with Crippen LogP contribution in [0.3, 0.4) is 0 Å². The summed E-state index contributed by atoms with van der Waals surface area (Å²) >= 11 is 1.51. The van der Waals surface area contributed by atoms with Crippen molar-refractivity contribution in [2.24, 2.45) is 4.99 Å². The minimum Gasteiger partial charge on any atom is -0.496 e. The van der Waals surface area contributed by atoms with Crippen LogP contribution in [0.4, 0.5) is 0 Å². The van der Waals surface area contributed by atoms with Gasteiger partial charge >= 0.3 is 0 Å². The molecule has 1 aliphatic heterocycles. The molecule has 1 aromatic rings. The van der Waals surface area contributed by atoms with Gasteiger partial charge in [0.25, 0.3) is 5.91 Å². The van der Waals surface area contributed by atoms with Gasteiger partial charge in [-0.15, -0.1) is 0 Å². The lowest BCUT2D eigenvalue weighted by Gasteiger charge is -2.31. The summed E-state index contributed by atoms with van der Waals surface area (Å²) in [4.78, 5) is 21.4. The maximum atomic E-state index is 13.6. The smallest absolute Gasteiger partial charge is 0.267 e. The molecule has 0 spiro atoms. The molecule has 0 atom stereocenters. The van der Waals surface area contributed by atoms with Gasteiger partial charge in [0.1, 0.15) is 5.75 Å². The molecule has 0 bridgehead atoms. The number of amides is 1. The normalized spacial score (nSPS) is 23.2. The second kappa shape index (κ2) is 10.6. The Bertz CT molecular complexity index is 886. The molecule has 3 aliphatic rings. The number of hydrogen-bond acceptors (Lipinski definition) is 6. The summed E-state index contributed by atoms with van der Waals surface area (Å²) in [5, 5.41) is 0.888. The summed E-state index contributed by atoms with van der Waals surface area (Å²) in [6, 6.07) is 4.25. The molecule has 0 radical (unpaired) electrons. The van der Waals surface area contributed by atoms with Crippen molar-refractivity contribution < 1.29 is 19.0 Å². The molecule has 2 saturated carbocycles. The third-order valence-electron chi connectivity index (χ3n) is 6.67. The van der Waals surface area contributed by atoms with Crippen LogP contribution in [0.1, 0.15) is 69.8 Å². The molecule has 4 rings (SSSR count). The van der Waals surface area contributed by atoms with E-state index >= 15 is 0 Å². The van der Waals surface area contributed by atoms with Crippen molar-refractivity contribution in [3.05, 3.63) is 22.6 Å². The Morgan fingerprint density at radius 1 is 0.875 bits per heavy atom. The fourth-order valence-electron chi connectivity index (χ4n) is 4.91. The zero-order valence-corrected chi connectivity index (χ0v) is 20.2. The standard InChI is InChI=1S/C25H34N2O4S/c1-29-20-16-22(31-3)21(30-2)14-17(20)15-23-24(28)27(19-12-8-5-9-13-19)25(32-23)26-18-10-6-4-7-11-18/h14-16,18-19H,4-13H2,1-3H3. The van der Waals surface area contributed by atoms with Gasteiger partial charge in [0.15, 0.2) is 16.7 Å². The van der Waals surface area contributed by atoms with Gasteiger partial charge in [-0.05, 0) is 49.6 Å². The number of benzene rings is 1. The van der Waals surface area contributed by atoms with Gasteiger partial charge in [0.05, 0.1) is 32.3 Å². The van der Waals surface area contributed by atoms with E-state index in [1.54, 1.807) is 27.4 Å². The first kappa shape index (κ1) is 23.0. The Kier molecular flexibility index (Phi) is 7.66. The second-order valence-electron chi connectivity index (χ2n) is 8.73. The van der Waals surface area contributed by atoms with Crippen molar-refractivity contribution >= 4 is 28.9 Å². The summed E-state index contributed by atoms with van der Waals surface area (Å²) < 4.78 is 16.4. The summed E-state index contributed by atoms with van der Waals surface area (Å²) in [5.41, 5.74) is 0.795. The second-order valence-corrected chi connectivity index (χ2v) is 9.74. The minimum atomic E-state index is 0.0632. The monoisotopic (exact) mass is 458 g/mol. The van der Waals surface area contributed by atoms with Crippen LogP contribution in [0.2, 0.25) is 0 Å². The average Bonchev–Trinajstić information content (AvgIpc) is 3.14. The Morgan fingerprint density at radius 2 is 1.47 bits per heavy atom. The van der Waals surface area contributed by atoms with Gasteiger partial charge < -0.3 is 14.2 Å². The molecule has 1 saturated heterocycles. The molecule has 1 aromatic carbocycles. The zero-order chi connectivity index (χ0) is 22.5. The summed E-state index contributed by atoms with van der Waals surface area (Å²) in [5.74, 6) is 1.91. The number of amidine groups is 1. The van der Waals surface area contributed by atoms with E-state index in [1.807, 2.05) is 17.0 Å². The van der Waals surface area contributed by atoms with Crippen LogP contribution in [0, 0.1) is 0 Å². The number of carbonyl (C=O) groups excluding carboxylic acids is 1. The van der Waals surface area contributed by atoms with Crippen molar-refractivity contribution in [2.75, 3.05) is 21.3 Å². The number of nitrogens with zero attached hydrogens (tertiary/aromatic N) is 2. The number of hydrogen-bond donors (Lipinski definition) is 0. The number of aliphatic imine (C=N–C) groups is 1. The average molecular weight is 459 g/mol. The van der Waals surface area contributed by atoms with Gasteiger partial charge in [-0.25, -0.2) is 0 Å². The quantitative estimate of drug-likeness (QED) is 0.516. The van der Waals surface area contributed by atoms with E-state index in [2.05, 4.69) is 0 Å². The Labute approximate surface area is 195 Å². The van der Waals surface area contributed by atoms with E-state index in [-0.39, 0.29) is 11.9 Å². The van der Waals surface area contributed by atoms with Gasteiger partial charge in [-0.2, -0.15) is 0 Å². The molecule has 7 heteroatoms. The molecule has 3 fully saturated rings. The molecule has 0 aromatic heterocycles. The number of carbonyl (C=O) groups is 1. The predicted octanol–water partition coefficient (Wildman–Crippen LogP) is 5.65. The zero-order valence-electron chi connectivity index (χ0n) is 19.4. The lowest BCUT2D eigenvalue weighted by atomic mass is 9.94. The SMILES string of the molecule is COc1cc(OC)c(OC)cc1C=C1SC(=NC2CCCCC2)N(C2CCCCC2)C1=O. The van der Waals surface area contributed by atoms with Crippen LogP contribution >= 0.6 is 11.8 Å². The highest BCUT2D eigenvalue weighted by atomic mass is 32.2. The Balaban J connectivity index is 1.69. The van der Waals surface area contributed by atoms with Crippen LogP contribution in [0.15, 0.2) is 22.0 Å². The van der Waals surface area contributed by atoms with Gasteiger partial charge in [-0.1, -0.05) is 38.5 Å². The van der Waals surface area contributed by atoms with Gasteiger partial charge in [0, 0.05) is 17.7 Å². The van der Waals surface area contributed by atoms with Crippen molar-refractivity contribution in [1.82, 2.24) is 4.90 Å². The molecule has 174 valence electrons. The molecular formula is C25H34N2O4S. The predicted molar refractivity (Wildman–Crippen MR) is 130 cm³/mol. The minimum absolute atomic E-state index is 0.0632. The van der Waals surface area contributed by atoms with Crippen LogP contribution in [-0.2, 0) is 4.79 Å². The Hall–Kier alpha value is -2.15. The maximum Gasteiger partial charge on any atom is 0.267 e. The highest BCUT2D eigenvalue weighted by Crippen LogP contribution is 2.41. The topological polar surface area (TPSA) is 60.4 Å². The van der Waals surface area contributed by atoms with E-state index in [0.29, 0.717) is 28.2 Å². The number of methoxy groups -OCH3 is 3. The van der Waals surface area contributed by atoms with Gasteiger partial charge in [0.2, 0.25) is 0 Å². The molecule has 0 unspecified atom stereocenters. The molecular weight excluding hydrogens is 424 g/mol. The lowest BCUT2D eigenvalue weighted by Crippen LogP contribution is -2.41. The van der Waals surface area contributed by atoms with Crippen LogP contribution in [-0.4, -0.2) is 49.4 Å². The highest BCUT2D eigenvalue weighted by molar-refractivity contribution is 8.18. The third kappa shape index (κ3) is 4.92. The van der Waals surface area contributed by atoms with Gasteiger partial charge in [-0.3, -0.25) is 14.7 Å². The number of ether oxygens (including phenoxy) is 3. The first-order valence-electron chi connectivity index (χ1n) is 11.8. The molecule has 1 heterocycles. The van der Waals surface area contributed by atoms with Crippen LogP contribution in [0.25, 0.3) is 6.08 Å². The van der Waals surface area contributed by atoms with E-state index in [0.717, 1.165) is 36.4 Å². The molecule has 1 amide bonds. The fourth-order valence-corrected chi connectivity index (χ4v) is 6.01. The molecule has 32 heavy (non-hydrogen) atoms. The fraction of sp³-hybridized carbons (Fsp3) is 0.600. The van der Waals surface area contributed by atoms with E-state index in [9.17, 15) is 4.79 Å². The summed E-state index contributed by atoms with van der Waals surface area (Å²) in [6.45, 7) is 0. The van der Waals surface area contributed by atoms with Crippen molar-refractivity contribution in [1.29, 1.82) is 0 Å². The van der Waals surface area contributed by atoms with E-state index in [1.165, 1.54) is 50.3 Å². The van der Waals surface area contributed by atoms with Crippen molar-refractivity contribution in [3.63, 3.8) is 0 Å². The van der Waals surface area contributed by atoms with E-state index < -0.39 is 0 Å². The Morgan fingerprint density at radius 3 is 2.09 bits per heavy atom.